The fraction of sp³-hybridized carbons (Fsp3) is 0.667. The SMILES string of the molecule is CCCCCCCCCCCCCCCC(=O)OC1C=C(C)C(/C=C/C(C)=C/C=C/C(C)=C/C=C/C=C(C)/C=C/C=C(C)/C=C/C2=C(C)CC(OC(=O)CCCCCCCCCCCCCCC)CC2(C)C)C(C)(C)C1. The maximum atomic E-state index is 12.8. The summed E-state index contributed by atoms with van der Waals surface area (Å²) < 4.78 is 12.0. The first-order valence-electron chi connectivity index (χ1n) is 31.3. The van der Waals surface area contributed by atoms with Crippen molar-refractivity contribution in [2.45, 2.75) is 294 Å². The molecule has 0 saturated heterocycles. The van der Waals surface area contributed by atoms with Gasteiger partial charge in [-0.2, -0.15) is 0 Å². The molecular formula is C72H116O4. The smallest absolute Gasteiger partial charge is 0.306 e. The number of carbonyl (C=O) groups excluding carboxylic acids is 2. The number of allylic oxidation sites excluding steroid dienone is 20. The molecule has 0 heterocycles. The number of carbonyl (C=O) groups is 2. The molecule has 0 aromatic heterocycles. The van der Waals surface area contributed by atoms with Crippen molar-refractivity contribution in [3.05, 3.63) is 130 Å². The molecule has 0 amide bonds. The fourth-order valence-electron chi connectivity index (χ4n) is 11.3. The molecule has 3 atom stereocenters. The zero-order valence-electron chi connectivity index (χ0n) is 51.4. The quantitative estimate of drug-likeness (QED) is 0.0266. The minimum absolute atomic E-state index is 0.00519. The van der Waals surface area contributed by atoms with Crippen molar-refractivity contribution >= 4 is 11.9 Å². The van der Waals surface area contributed by atoms with Crippen LogP contribution in [0.3, 0.4) is 0 Å². The standard InChI is InChI=1S/C72H116O4/c1-13-15-17-19-21-23-25-27-29-31-33-35-37-49-69(73)75-65-55-63(7)67(71(9,10)57-65)53-51-61(5)47-41-45-59(3)43-39-40-44-60(4)46-42-48-62(6)52-54-68-64(8)56-66(58-72(68,11)12)76-70(74)50-38-36-34-32-30-28-26-24-22-20-18-16-14-2/h39-48,51-55,65-67H,13-38,49-50,56-58H2,1-12H3/b40-39+,45-41+,46-42+,53-51+,54-52+,59-43+,60-44+,61-47+,62-48+. The predicted molar refractivity (Wildman–Crippen MR) is 332 cm³/mol. The minimum Gasteiger partial charge on any atom is -0.462 e. The number of ether oxygens (including phenoxy) is 2. The molecule has 4 heteroatoms. The summed E-state index contributed by atoms with van der Waals surface area (Å²) in [4.78, 5) is 25.6. The van der Waals surface area contributed by atoms with Crippen molar-refractivity contribution in [2.24, 2.45) is 16.7 Å². The highest BCUT2D eigenvalue weighted by atomic mass is 16.5. The van der Waals surface area contributed by atoms with Crippen LogP contribution in [0.2, 0.25) is 0 Å². The Morgan fingerprint density at radius 3 is 1.30 bits per heavy atom. The lowest BCUT2D eigenvalue weighted by molar-refractivity contribution is -0.151. The average molecular weight is 1050 g/mol. The third-order valence-electron chi connectivity index (χ3n) is 15.8. The molecule has 0 aromatic carbocycles. The predicted octanol–water partition coefficient (Wildman–Crippen LogP) is 22.5. The molecular weight excluding hydrogens is 929 g/mol. The summed E-state index contributed by atoms with van der Waals surface area (Å²) in [6.07, 6.45) is 69.9. The maximum Gasteiger partial charge on any atom is 0.306 e. The van der Waals surface area contributed by atoms with Gasteiger partial charge in [0.15, 0.2) is 0 Å². The molecule has 0 N–H and O–H groups in total. The maximum absolute atomic E-state index is 12.8. The molecule has 2 aliphatic rings. The normalized spacial score (nSPS) is 19.8. The molecule has 0 aliphatic heterocycles. The monoisotopic (exact) mass is 1040 g/mol. The van der Waals surface area contributed by atoms with Gasteiger partial charge in [-0.3, -0.25) is 9.59 Å². The molecule has 428 valence electrons. The number of rotatable bonds is 40. The third-order valence-corrected chi connectivity index (χ3v) is 15.8. The van der Waals surface area contributed by atoms with Gasteiger partial charge in [0.05, 0.1) is 0 Å². The van der Waals surface area contributed by atoms with Gasteiger partial charge in [0.25, 0.3) is 0 Å². The van der Waals surface area contributed by atoms with Gasteiger partial charge in [0.1, 0.15) is 12.2 Å². The molecule has 76 heavy (non-hydrogen) atoms. The summed E-state index contributed by atoms with van der Waals surface area (Å²) in [6, 6.07) is 0. The second-order valence-electron chi connectivity index (χ2n) is 24.6. The second-order valence-corrected chi connectivity index (χ2v) is 24.6. The molecule has 4 nitrogen and oxygen atoms in total. The summed E-state index contributed by atoms with van der Waals surface area (Å²) in [5.74, 6) is 0.224. The summed E-state index contributed by atoms with van der Waals surface area (Å²) in [5.41, 5.74) is 8.64. The molecule has 0 saturated carbocycles. The number of esters is 2. The van der Waals surface area contributed by atoms with E-state index in [1.54, 1.807) is 0 Å². The van der Waals surface area contributed by atoms with Gasteiger partial charge < -0.3 is 9.47 Å². The fourth-order valence-corrected chi connectivity index (χ4v) is 11.3. The third kappa shape index (κ3) is 32.7. The molecule has 0 aromatic rings. The van der Waals surface area contributed by atoms with Crippen LogP contribution < -0.4 is 0 Å². The Morgan fingerprint density at radius 1 is 0.500 bits per heavy atom. The van der Waals surface area contributed by atoms with Gasteiger partial charge in [0, 0.05) is 25.2 Å². The van der Waals surface area contributed by atoms with Crippen molar-refractivity contribution in [2.75, 3.05) is 0 Å². The van der Waals surface area contributed by atoms with Gasteiger partial charge in [-0.15, -0.1) is 0 Å². The van der Waals surface area contributed by atoms with Crippen LogP contribution in [0.15, 0.2) is 130 Å². The van der Waals surface area contributed by atoms with Gasteiger partial charge in [-0.1, -0.05) is 314 Å². The average Bonchev–Trinajstić information content (AvgIpc) is 3.34. The van der Waals surface area contributed by atoms with E-state index in [-0.39, 0.29) is 35.0 Å². The number of hydrogen-bond donors (Lipinski definition) is 0. The van der Waals surface area contributed by atoms with E-state index in [1.807, 2.05) is 0 Å². The summed E-state index contributed by atoms with van der Waals surface area (Å²) in [6.45, 7) is 26.6. The number of unbranched alkanes of at least 4 members (excludes halogenated alkanes) is 24. The highest BCUT2D eigenvalue weighted by Crippen LogP contribution is 2.44. The molecule has 0 radical (unpaired) electrons. The van der Waals surface area contributed by atoms with E-state index in [0.717, 1.165) is 44.9 Å². The minimum atomic E-state index is -0.143. The van der Waals surface area contributed by atoms with Crippen LogP contribution in [-0.2, 0) is 19.1 Å². The van der Waals surface area contributed by atoms with Crippen molar-refractivity contribution in [3.63, 3.8) is 0 Å². The van der Waals surface area contributed by atoms with Gasteiger partial charge in [0.2, 0.25) is 0 Å². The Hall–Kier alpha value is -3.92. The van der Waals surface area contributed by atoms with E-state index in [0.29, 0.717) is 18.8 Å². The van der Waals surface area contributed by atoms with Gasteiger partial charge in [-0.25, -0.2) is 0 Å². The van der Waals surface area contributed by atoms with E-state index < -0.39 is 0 Å². The lowest BCUT2D eigenvalue weighted by Crippen LogP contribution is -2.34. The number of hydrogen-bond acceptors (Lipinski definition) is 4. The summed E-state index contributed by atoms with van der Waals surface area (Å²) >= 11 is 0. The van der Waals surface area contributed by atoms with Crippen molar-refractivity contribution in [1.82, 2.24) is 0 Å². The van der Waals surface area contributed by atoms with Crippen LogP contribution >= 0.6 is 0 Å². The molecule has 0 bridgehead atoms. The lowest BCUT2D eigenvalue weighted by atomic mass is 9.67. The highest BCUT2D eigenvalue weighted by Gasteiger charge is 2.37. The Bertz CT molecular complexity index is 1980. The van der Waals surface area contributed by atoms with E-state index in [9.17, 15) is 9.59 Å². The summed E-state index contributed by atoms with van der Waals surface area (Å²) in [5, 5.41) is 0. The molecule has 2 aliphatic carbocycles. The lowest BCUT2D eigenvalue weighted by Gasteiger charge is -2.40. The van der Waals surface area contributed by atoms with E-state index >= 15 is 0 Å². The van der Waals surface area contributed by atoms with Gasteiger partial charge in [-0.05, 0) is 89.7 Å². The zero-order chi connectivity index (χ0) is 55.9. The van der Waals surface area contributed by atoms with Crippen LogP contribution in [0, 0.1) is 16.7 Å². The first-order chi connectivity index (χ1) is 36.5. The Labute approximate surface area is 470 Å². The van der Waals surface area contributed by atoms with Crippen LogP contribution in [0.4, 0.5) is 0 Å². The van der Waals surface area contributed by atoms with Gasteiger partial charge >= 0.3 is 11.9 Å². The van der Waals surface area contributed by atoms with Crippen LogP contribution in [0.5, 0.6) is 0 Å². The highest BCUT2D eigenvalue weighted by molar-refractivity contribution is 5.70. The molecule has 3 unspecified atom stereocenters. The first-order valence-corrected chi connectivity index (χ1v) is 31.3. The summed E-state index contributed by atoms with van der Waals surface area (Å²) in [7, 11) is 0. The van der Waals surface area contributed by atoms with Crippen LogP contribution in [0.25, 0.3) is 0 Å². The van der Waals surface area contributed by atoms with E-state index in [1.165, 1.54) is 180 Å². The zero-order valence-corrected chi connectivity index (χ0v) is 51.4. The topological polar surface area (TPSA) is 52.6 Å². The Kier molecular flexibility index (Phi) is 36.9. The molecule has 0 fully saturated rings. The van der Waals surface area contributed by atoms with Crippen LogP contribution in [0.1, 0.15) is 282 Å². The van der Waals surface area contributed by atoms with Crippen molar-refractivity contribution < 1.29 is 19.1 Å². The van der Waals surface area contributed by atoms with E-state index in [4.69, 9.17) is 9.47 Å². The van der Waals surface area contributed by atoms with Crippen molar-refractivity contribution in [1.29, 1.82) is 0 Å². The second kappa shape index (κ2) is 41.2. The molecule has 0 spiro atoms. The first kappa shape index (κ1) is 68.2. The Morgan fingerprint density at radius 2 is 0.882 bits per heavy atom. The van der Waals surface area contributed by atoms with Crippen molar-refractivity contribution in [3.8, 4) is 0 Å². The molecule has 2 rings (SSSR count). The Balaban J connectivity index is 1.73. The van der Waals surface area contributed by atoms with E-state index in [2.05, 4.69) is 174 Å². The largest absolute Gasteiger partial charge is 0.462 e. The van der Waals surface area contributed by atoms with Crippen LogP contribution in [-0.4, -0.2) is 24.1 Å².